The smallest absolute Gasteiger partial charge is 0.156 e. The van der Waals surface area contributed by atoms with E-state index in [0.29, 0.717) is 26.3 Å². The van der Waals surface area contributed by atoms with Crippen molar-refractivity contribution in [3.63, 3.8) is 0 Å². The highest BCUT2D eigenvalue weighted by atomic mass is 19.1. The highest BCUT2D eigenvalue weighted by molar-refractivity contribution is 4.65. The molecular weight excluding hydrogens is 149 g/mol. The second kappa shape index (κ2) is 4.64. The van der Waals surface area contributed by atoms with Crippen molar-refractivity contribution >= 4 is 0 Å². The zero-order valence-electron chi connectivity index (χ0n) is 6.50. The van der Waals surface area contributed by atoms with Crippen molar-refractivity contribution < 1.29 is 14.2 Å². The van der Waals surface area contributed by atoms with Crippen LogP contribution in [0.25, 0.3) is 0 Å². The van der Waals surface area contributed by atoms with Gasteiger partial charge in [-0.2, -0.15) is 0 Å². The van der Waals surface area contributed by atoms with Crippen molar-refractivity contribution in [2.75, 3.05) is 32.9 Å². The molecule has 66 valence electrons. The molecule has 0 aromatic rings. The average molecular weight is 163 g/mol. The predicted octanol–water partition coefficient (Wildman–Crippen LogP) is -0.00340. The topological polar surface area (TPSA) is 32.7 Å². The maximum atomic E-state index is 13.0. The van der Waals surface area contributed by atoms with Gasteiger partial charge in [-0.05, 0) is 0 Å². The van der Waals surface area contributed by atoms with Crippen molar-refractivity contribution in [3.05, 3.63) is 0 Å². The maximum Gasteiger partial charge on any atom is 0.156 e. The van der Waals surface area contributed by atoms with Crippen molar-refractivity contribution in [2.45, 2.75) is 12.7 Å². The van der Waals surface area contributed by atoms with Gasteiger partial charge in [-0.1, -0.05) is 0 Å². The Morgan fingerprint density at radius 1 is 1.45 bits per heavy atom. The van der Waals surface area contributed by atoms with Crippen molar-refractivity contribution in [2.24, 2.45) is 0 Å². The minimum absolute atomic E-state index is 0.0848. The fourth-order valence-corrected chi connectivity index (χ4v) is 1.15. The molecule has 4 heteroatoms. The van der Waals surface area contributed by atoms with Crippen LogP contribution in [0.15, 0.2) is 0 Å². The largest absolute Gasteiger partial charge is 0.396 e. The van der Waals surface area contributed by atoms with E-state index in [-0.39, 0.29) is 13.0 Å². The van der Waals surface area contributed by atoms with Gasteiger partial charge in [0.25, 0.3) is 0 Å². The van der Waals surface area contributed by atoms with E-state index < -0.39 is 6.30 Å². The molecule has 1 aliphatic heterocycles. The first kappa shape index (κ1) is 8.90. The van der Waals surface area contributed by atoms with E-state index in [0.717, 1.165) is 0 Å². The third kappa shape index (κ3) is 2.73. The summed E-state index contributed by atoms with van der Waals surface area (Å²) >= 11 is 0. The molecule has 1 aliphatic rings. The quantitative estimate of drug-likeness (QED) is 0.594. The summed E-state index contributed by atoms with van der Waals surface area (Å²) in [6.07, 6.45) is -0.788. The number of alkyl halides is 1. The molecule has 0 radical (unpaired) electrons. The van der Waals surface area contributed by atoms with E-state index in [1.54, 1.807) is 4.90 Å². The first-order valence-electron chi connectivity index (χ1n) is 3.91. The zero-order valence-corrected chi connectivity index (χ0v) is 6.50. The third-order valence-electron chi connectivity index (χ3n) is 1.81. The summed E-state index contributed by atoms with van der Waals surface area (Å²) in [7, 11) is 0. The lowest BCUT2D eigenvalue weighted by molar-refractivity contribution is -0.0279. The van der Waals surface area contributed by atoms with Crippen LogP contribution in [0.3, 0.4) is 0 Å². The van der Waals surface area contributed by atoms with Crippen LogP contribution < -0.4 is 0 Å². The summed E-state index contributed by atoms with van der Waals surface area (Å²) in [6.45, 7) is 2.40. The number of morpholine rings is 1. The summed E-state index contributed by atoms with van der Waals surface area (Å²) in [5, 5.41) is 8.47. The van der Waals surface area contributed by atoms with Crippen LogP contribution in [0.4, 0.5) is 4.39 Å². The Bertz CT molecular complexity index is 107. The molecule has 0 bridgehead atoms. The lowest BCUT2D eigenvalue weighted by atomic mass is 10.3. The number of halogens is 1. The van der Waals surface area contributed by atoms with Crippen LogP contribution in [0.5, 0.6) is 0 Å². The van der Waals surface area contributed by atoms with E-state index in [1.807, 2.05) is 0 Å². The van der Waals surface area contributed by atoms with Gasteiger partial charge in [-0.25, -0.2) is 4.39 Å². The summed E-state index contributed by atoms with van der Waals surface area (Å²) in [5.41, 5.74) is 0. The molecule has 11 heavy (non-hydrogen) atoms. The fraction of sp³-hybridized carbons (Fsp3) is 1.00. The first-order chi connectivity index (χ1) is 5.34. The van der Waals surface area contributed by atoms with Gasteiger partial charge in [-0.3, -0.25) is 4.90 Å². The summed E-state index contributed by atoms with van der Waals surface area (Å²) < 4.78 is 18.1. The van der Waals surface area contributed by atoms with E-state index in [2.05, 4.69) is 0 Å². The van der Waals surface area contributed by atoms with Crippen LogP contribution in [0.1, 0.15) is 6.42 Å². The van der Waals surface area contributed by atoms with Gasteiger partial charge in [-0.15, -0.1) is 0 Å². The standard InChI is InChI=1S/C7H14FNO2/c8-7(1-4-10)9-2-5-11-6-3-9/h7,10H,1-6H2. The Hall–Kier alpha value is -0.190. The lowest BCUT2D eigenvalue weighted by Gasteiger charge is -2.29. The molecule has 1 atom stereocenters. The maximum absolute atomic E-state index is 13.0. The molecule has 1 saturated heterocycles. The first-order valence-corrected chi connectivity index (χ1v) is 3.91. The van der Waals surface area contributed by atoms with Crippen LogP contribution in [0.2, 0.25) is 0 Å². The third-order valence-corrected chi connectivity index (χ3v) is 1.81. The highest BCUT2D eigenvalue weighted by Crippen LogP contribution is 2.07. The number of aliphatic hydroxyl groups excluding tert-OH is 1. The van der Waals surface area contributed by atoms with E-state index >= 15 is 0 Å². The molecule has 0 amide bonds. The number of hydrogen-bond acceptors (Lipinski definition) is 3. The summed E-state index contributed by atoms with van der Waals surface area (Å²) in [5.74, 6) is 0. The Labute approximate surface area is 65.8 Å². The monoisotopic (exact) mass is 163 g/mol. The van der Waals surface area contributed by atoms with Gasteiger partial charge >= 0.3 is 0 Å². The molecular formula is C7H14FNO2. The van der Waals surface area contributed by atoms with Gasteiger partial charge in [0.05, 0.1) is 13.2 Å². The molecule has 0 aromatic carbocycles. The zero-order chi connectivity index (χ0) is 8.10. The van der Waals surface area contributed by atoms with Crippen LogP contribution in [-0.4, -0.2) is 49.2 Å². The molecule has 3 nitrogen and oxygen atoms in total. The molecule has 1 heterocycles. The Balaban J connectivity index is 2.21. The van der Waals surface area contributed by atoms with E-state index in [4.69, 9.17) is 9.84 Å². The van der Waals surface area contributed by atoms with Gasteiger partial charge in [0.1, 0.15) is 0 Å². The minimum Gasteiger partial charge on any atom is -0.396 e. The number of aliphatic hydroxyl groups is 1. The lowest BCUT2D eigenvalue weighted by Crippen LogP contribution is -2.41. The SMILES string of the molecule is OCCC(F)N1CCOCC1. The number of hydrogen-bond donors (Lipinski definition) is 1. The van der Waals surface area contributed by atoms with Gasteiger partial charge in [0, 0.05) is 26.1 Å². The highest BCUT2D eigenvalue weighted by Gasteiger charge is 2.18. The van der Waals surface area contributed by atoms with Crippen molar-refractivity contribution in [3.8, 4) is 0 Å². The summed E-state index contributed by atoms with van der Waals surface area (Å²) in [6, 6.07) is 0. The molecule has 1 unspecified atom stereocenters. The van der Waals surface area contributed by atoms with Crippen molar-refractivity contribution in [1.29, 1.82) is 0 Å². The Kier molecular flexibility index (Phi) is 3.76. The molecule has 0 spiro atoms. The van der Waals surface area contributed by atoms with Crippen LogP contribution in [0, 0.1) is 0 Å². The van der Waals surface area contributed by atoms with E-state index in [1.165, 1.54) is 0 Å². The average Bonchev–Trinajstić information content (AvgIpc) is 2.07. The molecule has 1 rings (SSSR count). The second-order valence-corrected chi connectivity index (χ2v) is 2.60. The number of nitrogens with zero attached hydrogens (tertiary/aromatic N) is 1. The molecule has 0 aliphatic carbocycles. The molecule has 1 N–H and O–H groups in total. The van der Waals surface area contributed by atoms with Gasteiger partial charge < -0.3 is 9.84 Å². The van der Waals surface area contributed by atoms with Crippen molar-refractivity contribution in [1.82, 2.24) is 4.90 Å². The normalized spacial score (nSPS) is 23.5. The fourth-order valence-electron chi connectivity index (χ4n) is 1.15. The minimum atomic E-state index is -0.996. The van der Waals surface area contributed by atoms with Gasteiger partial charge in [0.2, 0.25) is 0 Å². The Morgan fingerprint density at radius 3 is 2.64 bits per heavy atom. The molecule has 0 aromatic heterocycles. The summed E-state index contributed by atoms with van der Waals surface area (Å²) in [4.78, 5) is 1.69. The predicted molar refractivity (Wildman–Crippen MR) is 39.0 cm³/mol. The number of ether oxygens (including phenoxy) is 1. The van der Waals surface area contributed by atoms with Crippen LogP contribution in [-0.2, 0) is 4.74 Å². The Morgan fingerprint density at radius 2 is 2.09 bits per heavy atom. The second-order valence-electron chi connectivity index (χ2n) is 2.60. The number of rotatable bonds is 3. The molecule has 0 saturated carbocycles. The van der Waals surface area contributed by atoms with E-state index in [9.17, 15) is 4.39 Å². The van der Waals surface area contributed by atoms with Crippen LogP contribution >= 0.6 is 0 Å². The molecule has 1 fully saturated rings. The van der Waals surface area contributed by atoms with Gasteiger partial charge in [0.15, 0.2) is 6.30 Å².